The molecule has 2 aliphatic heterocycles. The van der Waals surface area contributed by atoms with E-state index in [1.807, 2.05) is 30.3 Å². The number of benzene rings is 2. The Morgan fingerprint density at radius 3 is 2.90 bits per heavy atom. The Labute approximate surface area is 171 Å². The number of ether oxygens (including phenoxy) is 3. The molecule has 2 aromatic carbocycles. The molecule has 2 aliphatic rings. The van der Waals surface area contributed by atoms with Gasteiger partial charge in [0.15, 0.2) is 0 Å². The van der Waals surface area contributed by atoms with E-state index in [2.05, 4.69) is 16.3 Å². The normalized spacial score (nSPS) is 20.9. The fraction of sp³-hybridized carbons (Fsp3) is 0.435. The van der Waals surface area contributed by atoms with E-state index in [1.54, 1.807) is 19.2 Å². The number of nitrogens with one attached hydrogen (secondary N) is 1. The minimum Gasteiger partial charge on any atom is -0.496 e. The number of fused-ring (bicyclic) bond motifs is 3. The van der Waals surface area contributed by atoms with E-state index in [-0.39, 0.29) is 18.1 Å². The molecule has 1 fully saturated rings. The van der Waals surface area contributed by atoms with Crippen LogP contribution < -0.4 is 14.8 Å². The van der Waals surface area contributed by atoms with Gasteiger partial charge in [-0.3, -0.25) is 9.69 Å². The van der Waals surface area contributed by atoms with Crippen LogP contribution in [0.4, 0.5) is 0 Å². The maximum absolute atomic E-state index is 12.4. The molecule has 0 spiro atoms. The molecule has 0 aromatic heterocycles. The second-order valence-corrected chi connectivity index (χ2v) is 7.41. The summed E-state index contributed by atoms with van der Waals surface area (Å²) < 4.78 is 17.3. The lowest BCUT2D eigenvalue weighted by Gasteiger charge is -2.44. The van der Waals surface area contributed by atoms with Crippen LogP contribution in [0.3, 0.4) is 0 Å². The summed E-state index contributed by atoms with van der Waals surface area (Å²) in [4.78, 5) is 14.8. The maximum atomic E-state index is 12.4. The molecule has 29 heavy (non-hydrogen) atoms. The Morgan fingerprint density at radius 1 is 1.17 bits per heavy atom. The van der Waals surface area contributed by atoms with Gasteiger partial charge in [0.05, 0.1) is 25.3 Å². The van der Waals surface area contributed by atoms with Gasteiger partial charge in [-0.15, -0.1) is 0 Å². The summed E-state index contributed by atoms with van der Waals surface area (Å²) in [5, 5.41) is 2.99. The first kappa shape index (κ1) is 19.7. The number of rotatable bonds is 7. The van der Waals surface area contributed by atoms with Gasteiger partial charge >= 0.3 is 0 Å². The topological polar surface area (TPSA) is 60.0 Å². The van der Waals surface area contributed by atoms with Crippen LogP contribution >= 0.6 is 0 Å². The predicted octanol–water partition coefficient (Wildman–Crippen LogP) is 3.04. The van der Waals surface area contributed by atoms with E-state index in [4.69, 9.17) is 14.2 Å². The number of morpholine rings is 1. The lowest BCUT2D eigenvalue weighted by Crippen LogP contribution is -2.52. The molecule has 1 saturated heterocycles. The molecule has 2 atom stereocenters. The number of hydrogen-bond acceptors (Lipinski definition) is 5. The largest absolute Gasteiger partial charge is 0.496 e. The van der Waals surface area contributed by atoms with Crippen molar-refractivity contribution in [2.75, 3.05) is 40.0 Å². The van der Waals surface area contributed by atoms with Crippen LogP contribution in [0, 0.1) is 0 Å². The second-order valence-electron chi connectivity index (χ2n) is 7.41. The van der Waals surface area contributed by atoms with Gasteiger partial charge in [0.2, 0.25) is 0 Å². The van der Waals surface area contributed by atoms with E-state index >= 15 is 0 Å². The highest BCUT2D eigenvalue weighted by molar-refractivity contribution is 5.96. The number of carbonyl (C=O) groups is 1. The van der Waals surface area contributed by atoms with Crippen LogP contribution in [0.5, 0.6) is 11.5 Å². The Kier molecular flexibility index (Phi) is 6.32. The minimum absolute atomic E-state index is 0.0824. The Morgan fingerprint density at radius 2 is 2.00 bits per heavy atom. The van der Waals surface area contributed by atoms with E-state index in [1.165, 1.54) is 0 Å². The fourth-order valence-electron chi connectivity index (χ4n) is 4.12. The van der Waals surface area contributed by atoms with Crippen molar-refractivity contribution in [2.45, 2.75) is 25.0 Å². The monoisotopic (exact) mass is 396 g/mol. The summed E-state index contributed by atoms with van der Waals surface area (Å²) in [6.07, 6.45) is 2.02. The van der Waals surface area contributed by atoms with Crippen molar-refractivity contribution in [1.82, 2.24) is 10.2 Å². The lowest BCUT2D eigenvalue weighted by atomic mass is 9.96. The van der Waals surface area contributed by atoms with Gasteiger partial charge < -0.3 is 19.5 Å². The summed E-state index contributed by atoms with van der Waals surface area (Å²) in [6.45, 7) is 3.93. The molecule has 154 valence electrons. The first-order valence-electron chi connectivity index (χ1n) is 10.3. The molecule has 4 rings (SSSR count). The Balaban J connectivity index is 1.24. The Hall–Kier alpha value is -2.57. The van der Waals surface area contributed by atoms with Crippen LogP contribution in [0.1, 0.15) is 34.9 Å². The molecule has 6 nitrogen and oxygen atoms in total. The van der Waals surface area contributed by atoms with E-state index in [9.17, 15) is 4.79 Å². The number of unbranched alkanes of at least 4 members (excludes halogenated alkanes) is 1. The molecule has 0 bridgehead atoms. The third-order valence-corrected chi connectivity index (χ3v) is 5.64. The zero-order valence-electron chi connectivity index (χ0n) is 16.8. The number of hydrogen-bond donors (Lipinski definition) is 1. The third kappa shape index (κ3) is 4.38. The van der Waals surface area contributed by atoms with Crippen molar-refractivity contribution in [1.29, 1.82) is 0 Å². The van der Waals surface area contributed by atoms with E-state index < -0.39 is 0 Å². The van der Waals surface area contributed by atoms with E-state index in [0.717, 1.165) is 43.9 Å². The summed E-state index contributed by atoms with van der Waals surface area (Å²) in [5.74, 6) is 1.45. The Bertz CT molecular complexity index is 841. The molecule has 0 saturated carbocycles. The van der Waals surface area contributed by atoms with Gasteiger partial charge in [-0.05, 0) is 37.6 Å². The molecular formula is C23H28N2O4. The highest BCUT2D eigenvalue weighted by atomic mass is 16.5. The van der Waals surface area contributed by atoms with Crippen molar-refractivity contribution in [3.63, 3.8) is 0 Å². The third-order valence-electron chi connectivity index (χ3n) is 5.64. The quantitative estimate of drug-likeness (QED) is 0.729. The van der Waals surface area contributed by atoms with E-state index in [0.29, 0.717) is 24.5 Å². The first-order chi connectivity index (χ1) is 14.3. The van der Waals surface area contributed by atoms with Crippen LogP contribution in [-0.2, 0) is 4.74 Å². The minimum atomic E-state index is -0.0915. The standard InChI is InChI=1S/C23H28N2O4/c1-27-20-10-4-3-9-18(20)23(26)24-12-6-7-13-25-14-15-28-22-17-8-2-5-11-21(17)29-16-19(22)25/h2-5,8-11,19,22H,6-7,12-16H2,1H3,(H,24,26)/t19-,22-/m1/s1. The summed E-state index contributed by atoms with van der Waals surface area (Å²) in [7, 11) is 1.58. The number of carbonyl (C=O) groups excluding carboxylic acids is 1. The molecule has 6 heteroatoms. The van der Waals surface area contributed by atoms with Crippen molar-refractivity contribution < 1.29 is 19.0 Å². The first-order valence-corrected chi connectivity index (χ1v) is 10.3. The van der Waals surface area contributed by atoms with Crippen LogP contribution in [0.25, 0.3) is 0 Å². The van der Waals surface area contributed by atoms with Crippen LogP contribution in [-0.4, -0.2) is 56.8 Å². The molecule has 0 aliphatic carbocycles. The fourth-order valence-corrected chi connectivity index (χ4v) is 4.12. The smallest absolute Gasteiger partial charge is 0.255 e. The van der Waals surface area contributed by atoms with Gasteiger partial charge in [0, 0.05) is 18.7 Å². The average Bonchev–Trinajstić information content (AvgIpc) is 2.78. The van der Waals surface area contributed by atoms with Crippen LogP contribution in [0.15, 0.2) is 48.5 Å². The molecule has 1 N–H and O–H groups in total. The van der Waals surface area contributed by atoms with Gasteiger partial charge in [-0.1, -0.05) is 30.3 Å². The highest BCUT2D eigenvalue weighted by Crippen LogP contribution is 2.38. The van der Waals surface area contributed by atoms with Gasteiger partial charge in [0.25, 0.3) is 5.91 Å². The zero-order chi connectivity index (χ0) is 20.1. The molecule has 0 radical (unpaired) electrons. The van der Waals surface area contributed by atoms with Crippen molar-refractivity contribution in [3.8, 4) is 11.5 Å². The maximum Gasteiger partial charge on any atom is 0.255 e. The molecule has 0 unspecified atom stereocenters. The number of amides is 1. The van der Waals surface area contributed by atoms with Crippen molar-refractivity contribution in [2.24, 2.45) is 0 Å². The van der Waals surface area contributed by atoms with Crippen LogP contribution in [0.2, 0.25) is 0 Å². The van der Waals surface area contributed by atoms with Gasteiger partial charge in [-0.2, -0.15) is 0 Å². The van der Waals surface area contributed by atoms with Crippen molar-refractivity contribution >= 4 is 5.91 Å². The summed E-state index contributed by atoms with van der Waals surface area (Å²) >= 11 is 0. The zero-order valence-corrected chi connectivity index (χ0v) is 16.8. The SMILES string of the molecule is COc1ccccc1C(=O)NCCCCN1CCO[C@@H]2c3ccccc3OC[C@H]21. The lowest BCUT2D eigenvalue weighted by molar-refractivity contribution is -0.0960. The second kappa shape index (κ2) is 9.29. The van der Waals surface area contributed by atoms with Gasteiger partial charge in [0.1, 0.15) is 24.2 Å². The average molecular weight is 396 g/mol. The van der Waals surface area contributed by atoms with Gasteiger partial charge in [-0.25, -0.2) is 0 Å². The summed E-state index contributed by atoms with van der Waals surface area (Å²) in [6, 6.07) is 15.7. The summed E-state index contributed by atoms with van der Waals surface area (Å²) in [5.41, 5.74) is 1.72. The molecule has 2 aromatic rings. The number of methoxy groups -OCH3 is 1. The molecular weight excluding hydrogens is 368 g/mol. The predicted molar refractivity (Wildman–Crippen MR) is 111 cm³/mol. The van der Waals surface area contributed by atoms with Crippen molar-refractivity contribution in [3.05, 3.63) is 59.7 Å². The number of nitrogens with zero attached hydrogens (tertiary/aromatic N) is 1. The highest BCUT2D eigenvalue weighted by Gasteiger charge is 2.38. The molecule has 1 amide bonds. The number of para-hydroxylation sites is 2. The molecule has 2 heterocycles.